The molecule has 1 fully saturated rings. The van der Waals surface area contributed by atoms with E-state index in [2.05, 4.69) is 10.5 Å². The van der Waals surface area contributed by atoms with Gasteiger partial charge < -0.3 is 4.74 Å². The van der Waals surface area contributed by atoms with Crippen LogP contribution in [0.4, 0.5) is 11.4 Å². The minimum atomic E-state index is -3.85. The highest BCUT2D eigenvalue weighted by Crippen LogP contribution is 2.29. The molecular weight excluding hydrogens is 456 g/mol. The molecule has 1 saturated heterocycles. The fourth-order valence-electron chi connectivity index (χ4n) is 3.60. The summed E-state index contributed by atoms with van der Waals surface area (Å²) >= 11 is 0. The minimum Gasteiger partial charge on any atom is -0.379 e. The van der Waals surface area contributed by atoms with E-state index >= 15 is 0 Å². The molecule has 1 aliphatic rings. The monoisotopic (exact) mass is 480 g/mol. The smallest absolute Gasteiger partial charge is 0.295 e. The van der Waals surface area contributed by atoms with E-state index in [1.165, 1.54) is 16.4 Å². The highest BCUT2D eigenvalue weighted by Gasteiger charge is 2.28. The first kappa shape index (κ1) is 23.6. The number of sulfonamides is 1. The van der Waals surface area contributed by atoms with Gasteiger partial charge in [-0.25, -0.2) is 8.42 Å². The highest BCUT2D eigenvalue weighted by atomic mass is 32.2. The lowest BCUT2D eigenvalue weighted by Gasteiger charge is -2.26. The van der Waals surface area contributed by atoms with Crippen LogP contribution in [-0.2, 0) is 14.8 Å². The summed E-state index contributed by atoms with van der Waals surface area (Å²) in [5.74, 6) is 0. The van der Waals surface area contributed by atoms with Crippen molar-refractivity contribution in [1.29, 1.82) is 0 Å². The number of hydrogen-bond acceptors (Lipinski definition) is 7. The van der Waals surface area contributed by atoms with Crippen molar-refractivity contribution in [3.63, 3.8) is 0 Å². The van der Waals surface area contributed by atoms with E-state index in [0.717, 1.165) is 22.8 Å². The Labute approximate surface area is 197 Å². The second kappa shape index (κ2) is 10.1. The van der Waals surface area contributed by atoms with Gasteiger partial charge in [0, 0.05) is 19.2 Å². The lowest BCUT2D eigenvalue weighted by molar-refractivity contribution is -0.384. The molecule has 4 rings (SSSR count). The van der Waals surface area contributed by atoms with Crippen molar-refractivity contribution in [2.24, 2.45) is 5.10 Å². The van der Waals surface area contributed by atoms with E-state index in [4.69, 9.17) is 4.74 Å². The molecule has 9 nitrogen and oxygen atoms in total. The maximum absolute atomic E-state index is 12.9. The van der Waals surface area contributed by atoms with E-state index < -0.39 is 14.9 Å². The van der Waals surface area contributed by atoms with Crippen LogP contribution in [0, 0.1) is 10.1 Å². The number of benzene rings is 3. The third kappa shape index (κ3) is 5.14. The van der Waals surface area contributed by atoms with Crippen LogP contribution < -0.4 is 5.43 Å². The third-order valence-corrected chi connectivity index (χ3v) is 7.42. The molecule has 1 heterocycles. The number of rotatable bonds is 7. The summed E-state index contributed by atoms with van der Waals surface area (Å²) < 4.78 is 32.2. The van der Waals surface area contributed by atoms with Gasteiger partial charge in [-0.15, -0.1) is 0 Å². The number of hydrazone groups is 1. The van der Waals surface area contributed by atoms with E-state index in [9.17, 15) is 18.5 Å². The summed E-state index contributed by atoms with van der Waals surface area (Å²) in [5.41, 5.74) is 6.09. The molecule has 0 bridgehead atoms. The van der Waals surface area contributed by atoms with E-state index in [1.807, 2.05) is 54.6 Å². The molecule has 0 aromatic heterocycles. The zero-order chi connectivity index (χ0) is 24.1. The molecule has 0 spiro atoms. The van der Waals surface area contributed by atoms with Crippen molar-refractivity contribution in [3.05, 3.63) is 88.5 Å². The fraction of sp³-hybridized carbons (Fsp3) is 0.208. The normalized spacial score (nSPS) is 15.1. The van der Waals surface area contributed by atoms with Gasteiger partial charge in [0.25, 0.3) is 5.69 Å². The first-order valence-electron chi connectivity index (χ1n) is 10.7. The largest absolute Gasteiger partial charge is 0.379 e. The van der Waals surface area contributed by atoms with Crippen LogP contribution >= 0.6 is 0 Å². The molecule has 1 aliphatic heterocycles. The molecule has 0 radical (unpaired) electrons. The number of nitro groups is 1. The molecule has 176 valence electrons. The summed E-state index contributed by atoms with van der Waals surface area (Å²) in [7, 11) is -3.85. The molecule has 0 atom stereocenters. The molecular formula is C24H24N4O5S. The van der Waals surface area contributed by atoms with Crippen molar-refractivity contribution in [3.8, 4) is 11.1 Å². The van der Waals surface area contributed by atoms with Crippen LogP contribution in [0.25, 0.3) is 11.1 Å². The van der Waals surface area contributed by atoms with Crippen molar-refractivity contribution in [1.82, 2.24) is 4.31 Å². The maximum atomic E-state index is 12.9. The Balaban J connectivity index is 1.54. The Bertz CT molecular complexity index is 1300. The van der Waals surface area contributed by atoms with E-state index in [1.54, 1.807) is 6.92 Å². The van der Waals surface area contributed by atoms with Gasteiger partial charge in [-0.1, -0.05) is 54.6 Å². The number of hydrogen-bond donors (Lipinski definition) is 1. The van der Waals surface area contributed by atoms with Crippen molar-refractivity contribution < 1.29 is 18.1 Å². The first-order chi connectivity index (χ1) is 16.4. The van der Waals surface area contributed by atoms with Gasteiger partial charge in [0.1, 0.15) is 5.69 Å². The zero-order valence-electron chi connectivity index (χ0n) is 18.5. The van der Waals surface area contributed by atoms with Crippen LogP contribution in [0.1, 0.15) is 12.5 Å². The highest BCUT2D eigenvalue weighted by molar-refractivity contribution is 7.89. The van der Waals surface area contributed by atoms with Crippen LogP contribution in [0.15, 0.2) is 82.8 Å². The summed E-state index contributed by atoms with van der Waals surface area (Å²) in [5, 5.41) is 15.9. The van der Waals surface area contributed by atoms with Gasteiger partial charge in [-0.05, 0) is 35.7 Å². The summed E-state index contributed by atoms with van der Waals surface area (Å²) in [4.78, 5) is 10.9. The van der Waals surface area contributed by atoms with Gasteiger partial charge >= 0.3 is 0 Å². The first-order valence-corrected chi connectivity index (χ1v) is 12.1. The van der Waals surface area contributed by atoms with E-state index in [-0.39, 0.29) is 29.4 Å². The fourth-order valence-corrected chi connectivity index (χ4v) is 5.03. The minimum absolute atomic E-state index is 0.103. The third-order valence-electron chi connectivity index (χ3n) is 5.53. The Kier molecular flexibility index (Phi) is 7.01. The summed E-state index contributed by atoms with van der Waals surface area (Å²) in [6.45, 7) is 2.79. The molecule has 34 heavy (non-hydrogen) atoms. The lowest BCUT2D eigenvalue weighted by atomic mass is 10.0. The molecule has 0 amide bonds. The Hall–Kier alpha value is -3.60. The van der Waals surface area contributed by atoms with Crippen LogP contribution in [0.5, 0.6) is 0 Å². The second-order valence-electron chi connectivity index (χ2n) is 7.70. The average molecular weight is 481 g/mol. The van der Waals surface area contributed by atoms with Crippen molar-refractivity contribution in [2.75, 3.05) is 31.7 Å². The maximum Gasteiger partial charge on any atom is 0.295 e. The van der Waals surface area contributed by atoms with Crippen molar-refractivity contribution in [2.45, 2.75) is 11.8 Å². The van der Waals surface area contributed by atoms with Crippen LogP contribution in [0.3, 0.4) is 0 Å². The second-order valence-corrected chi connectivity index (χ2v) is 9.64. The van der Waals surface area contributed by atoms with Gasteiger partial charge in [-0.3, -0.25) is 15.5 Å². The van der Waals surface area contributed by atoms with Crippen molar-refractivity contribution >= 4 is 27.1 Å². The zero-order valence-corrected chi connectivity index (χ0v) is 19.4. The number of nitro benzene ring substituents is 1. The molecule has 3 aromatic rings. The van der Waals surface area contributed by atoms with E-state index in [0.29, 0.717) is 18.9 Å². The Morgan fingerprint density at radius 1 is 1.00 bits per heavy atom. The number of anilines is 1. The lowest BCUT2D eigenvalue weighted by Crippen LogP contribution is -2.40. The number of morpholine rings is 1. The molecule has 0 unspecified atom stereocenters. The van der Waals surface area contributed by atoms with Gasteiger partial charge in [0.05, 0.1) is 28.7 Å². The standard InChI is InChI=1S/C24H24N4O5S/c1-18(19-7-9-21(10-8-19)20-5-3-2-4-6-20)25-26-23-12-11-22(17-24(23)28(29)30)34(31,32)27-13-15-33-16-14-27/h2-12,17,26H,13-16H2,1H3. The average Bonchev–Trinajstić information content (AvgIpc) is 2.88. The predicted octanol–water partition coefficient (Wildman–Crippen LogP) is 4.12. The number of nitrogens with zero attached hydrogens (tertiary/aromatic N) is 3. The quantitative estimate of drug-likeness (QED) is 0.309. The molecule has 10 heteroatoms. The number of ether oxygens (including phenoxy) is 1. The Morgan fingerprint density at radius 2 is 1.65 bits per heavy atom. The topological polar surface area (TPSA) is 114 Å². The summed E-state index contributed by atoms with van der Waals surface area (Å²) in [6.07, 6.45) is 0. The molecule has 1 N–H and O–H groups in total. The van der Waals surface area contributed by atoms with Crippen LogP contribution in [-0.4, -0.2) is 49.7 Å². The number of nitrogens with one attached hydrogen (secondary N) is 1. The molecule has 0 saturated carbocycles. The summed E-state index contributed by atoms with van der Waals surface area (Å²) in [6, 6.07) is 21.6. The Morgan fingerprint density at radius 3 is 2.29 bits per heavy atom. The van der Waals surface area contributed by atoms with Crippen LogP contribution in [0.2, 0.25) is 0 Å². The van der Waals surface area contributed by atoms with Gasteiger partial charge in [0.15, 0.2) is 0 Å². The molecule has 0 aliphatic carbocycles. The molecule has 3 aromatic carbocycles. The van der Waals surface area contributed by atoms with Gasteiger partial charge in [-0.2, -0.15) is 9.41 Å². The predicted molar refractivity (Wildman–Crippen MR) is 130 cm³/mol. The van der Waals surface area contributed by atoms with Gasteiger partial charge in [0.2, 0.25) is 10.0 Å². The SMILES string of the molecule is CC(=NNc1ccc(S(=O)(=O)N2CCOCC2)cc1[N+](=O)[O-])c1ccc(-c2ccccc2)cc1.